The number of halogens is 1. The van der Waals surface area contributed by atoms with Gasteiger partial charge in [-0.1, -0.05) is 18.2 Å². The van der Waals surface area contributed by atoms with E-state index in [-0.39, 0.29) is 29.9 Å². The lowest BCUT2D eigenvalue weighted by atomic mass is 10.3. The van der Waals surface area contributed by atoms with Crippen molar-refractivity contribution in [3.05, 3.63) is 30.3 Å². The number of para-hydroxylation sites is 1. The monoisotopic (exact) mass is 388 g/mol. The van der Waals surface area contributed by atoms with E-state index in [4.69, 9.17) is 5.73 Å². The first-order valence-corrected chi connectivity index (χ1v) is 6.65. The summed E-state index contributed by atoms with van der Waals surface area (Å²) in [4.78, 5) is 17.5. The molecule has 20 heavy (non-hydrogen) atoms. The summed E-state index contributed by atoms with van der Waals surface area (Å²) >= 11 is 0. The van der Waals surface area contributed by atoms with Crippen molar-refractivity contribution in [2.75, 3.05) is 25.0 Å². The fourth-order valence-electron chi connectivity index (χ4n) is 2.11. The van der Waals surface area contributed by atoms with Gasteiger partial charge in [-0.25, -0.2) is 0 Å². The third kappa shape index (κ3) is 5.36. The highest BCUT2D eigenvalue weighted by Gasteiger charge is 2.18. The van der Waals surface area contributed by atoms with Crippen LogP contribution in [0.25, 0.3) is 0 Å². The van der Waals surface area contributed by atoms with Crippen LogP contribution in [-0.4, -0.2) is 36.4 Å². The molecule has 0 aliphatic carbocycles. The van der Waals surface area contributed by atoms with Crippen molar-refractivity contribution in [3.8, 4) is 0 Å². The predicted molar refractivity (Wildman–Crippen MR) is 92.4 cm³/mol. The molecule has 5 nitrogen and oxygen atoms in total. The Kier molecular flexibility index (Phi) is 7.35. The van der Waals surface area contributed by atoms with Crippen LogP contribution in [0.2, 0.25) is 0 Å². The van der Waals surface area contributed by atoms with Crippen LogP contribution < -0.4 is 11.1 Å². The van der Waals surface area contributed by atoms with Crippen LogP contribution in [0.5, 0.6) is 0 Å². The molecule has 2 rings (SSSR count). The standard InChI is InChI=1S/C14H20N4O.HI/c15-14(17-12-6-2-1-3-7-12)16-9-5-11-18-10-4-8-13(18)19;/h1-3,6-7H,4-5,8-11H2,(H3,15,16,17);1H. The van der Waals surface area contributed by atoms with E-state index >= 15 is 0 Å². The maximum absolute atomic E-state index is 11.4. The Labute approximate surface area is 136 Å². The summed E-state index contributed by atoms with van der Waals surface area (Å²) in [5.41, 5.74) is 6.71. The van der Waals surface area contributed by atoms with Gasteiger partial charge in [-0.2, -0.15) is 0 Å². The minimum Gasteiger partial charge on any atom is -0.370 e. The molecule has 3 N–H and O–H groups in total. The van der Waals surface area contributed by atoms with Gasteiger partial charge in [0.05, 0.1) is 0 Å². The molecule has 0 unspecified atom stereocenters. The van der Waals surface area contributed by atoms with Crippen LogP contribution in [0.3, 0.4) is 0 Å². The second-order valence-corrected chi connectivity index (χ2v) is 4.60. The second-order valence-electron chi connectivity index (χ2n) is 4.60. The van der Waals surface area contributed by atoms with Gasteiger partial charge in [-0.05, 0) is 25.0 Å². The zero-order chi connectivity index (χ0) is 13.5. The smallest absolute Gasteiger partial charge is 0.222 e. The number of hydrogen-bond donors (Lipinski definition) is 2. The number of carbonyl (C=O) groups excluding carboxylic acids is 1. The van der Waals surface area contributed by atoms with Crippen molar-refractivity contribution in [2.45, 2.75) is 19.3 Å². The van der Waals surface area contributed by atoms with Gasteiger partial charge in [0.15, 0.2) is 5.96 Å². The van der Waals surface area contributed by atoms with Gasteiger partial charge in [-0.15, -0.1) is 24.0 Å². The Morgan fingerprint density at radius 1 is 1.35 bits per heavy atom. The highest BCUT2D eigenvalue weighted by atomic mass is 127. The summed E-state index contributed by atoms with van der Waals surface area (Å²) in [6.07, 6.45) is 2.53. The normalized spacial score (nSPS) is 15.1. The van der Waals surface area contributed by atoms with E-state index in [0.717, 1.165) is 31.6 Å². The van der Waals surface area contributed by atoms with E-state index in [9.17, 15) is 4.79 Å². The number of nitrogens with zero attached hydrogens (tertiary/aromatic N) is 2. The Morgan fingerprint density at radius 3 is 2.75 bits per heavy atom. The van der Waals surface area contributed by atoms with E-state index in [1.54, 1.807) is 0 Å². The van der Waals surface area contributed by atoms with Gasteiger partial charge >= 0.3 is 0 Å². The fraction of sp³-hybridized carbons (Fsp3) is 0.429. The van der Waals surface area contributed by atoms with Crippen molar-refractivity contribution in [2.24, 2.45) is 10.7 Å². The molecule has 1 amide bonds. The average Bonchev–Trinajstić information content (AvgIpc) is 2.81. The summed E-state index contributed by atoms with van der Waals surface area (Å²) in [7, 11) is 0. The van der Waals surface area contributed by atoms with Gasteiger partial charge in [-0.3, -0.25) is 9.79 Å². The number of hydrogen-bond acceptors (Lipinski definition) is 2. The van der Waals surface area contributed by atoms with Crippen LogP contribution in [0.1, 0.15) is 19.3 Å². The number of aliphatic imine (C=N–C) groups is 1. The minimum absolute atomic E-state index is 0. The molecule has 1 fully saturated rings. The zero-order valence-corrected chi connectivity index (χ0v) is 13.7. The van der Waals surface area contributed by atoms with Crippen LogP contribution in [0, 0.1) is 0 Å². The first-order valence-electron chi connectivity index (χ1n) is 6.65. The van der Waals surface area contributed by atoms with E-state index in [1.807, 2.05) is 35.2 Å². The van der Waals surface area contributed by atoms with E-state index in [2.05, 4.69) is 10.3 Å². The Balaban J connectivity index is 0.00000200. The summed E-state index contributed by atoms with van der Waals surface area (Å²) in [6, 6.07) is 9.70. The topological polar surface area (TPSA) is 70.7 Å². The number of likely N-dealkylation sites (tertiary alicyclic amines) is 1. The largest absolute Gasteiger partial charge is 0.370 e. The molecule has 1 aromatic rings. The lowest BCUT2D eigenvalue weighted by molar-refractivity contribution is -0.127. The van der Waals surface area contributed by atoms with Crippen molar-refractivity contribution in [1.29, 1.82) is 0 Å². The number of nitrogens with two attached hydrogens (primary N) is 1. The third-order valence-electron chi connectivity index (χ3n) is 3.09. The summed E-state index contributed by atoms with van der Waals surface area (Å²) in [6.45, 7) is 2.30. The lowest BCUT2D eigenvalue weighted by Crippen LogP contribution is -2.27. The summed E-state index contributed by atoms with van der Waals surface area (Å²) < 4.78 is 0. The van der Waals surface area contributed by atoms with Crippen molar-refractivity contribution < 1.29 is 4.79 Å². The number of guanidine groups is 1. The molecule has 0 bridgehead atoms. The first-order chi connectivity index (χ1) is 9.25. The Morgan fingerprint density at radius 2 is 2.10 bits per heavy atom. The molecular weight excluding hydrogens is 367 g/mol. The predicted octanol–water partition coefficient (Wildman–Crippen LogP) is 2.04. The number of anilines is 1. The van der Waals surface area contributed by atoms with E-state index in [0.29, 0.717) is 18.9 Å². The summed E-state index contributed by atoms with van der Waals surface area (Å²) in [5.74, 6) is 0.679. The molecule has 1 aliphatic rings. The minimum atomic E-state index is 0. The van der Waals surface area contributed by atoms with Gasteiger partial charge in [0, 0.05) is 31.7 Å². The van der Waals surface area contributed by atoms with E-state index < -0.39 is 0 Å². The molecule has 1 heterocycles. The van der Waals surface area contributed by atoms with E-state index in [1.165, 1.54) is 0 Å². The third-order valence-corrected chi connectivity index (χ3v) is 3.09. The van der Waals surface area contributed by atoms with Gasteiger partial charge in [0.25, 0.3) is 0 Å². The highest BCUT2D eigenvalue weighted by Crippen LogP contribution is 2.09. The number of rotatable bonds is 5. The van der Waals surface area contributed by atoms with Crippen LogP contribution in [-0.2, 0) is 4.79 Å². The number of nitrogens with one attached hydrogen (secondary N) is 1. The SMILES string of the molecule is I.NC(=NCCCN1CCCC1=O)Nc1ccccc1. The molecule has 0 saturated carbocycles. The van der Waals surface area contributed by atoms with Crippen molar-refractivity contribution in [3.63, 3.8) is 0 Å². The molecule has 6 heteroatoms. The second kappa shape index (κ2) is 8.78. The molecule has 1 aromatic carbocycles. The Bertz CT molecular complexity index is 450. The molecule has 0 aromatic heterocycles. The summed E-state index contributed by atoms with van der Waals surface area (Å²) in [5, 5.41) is 3.03. The number of carbonyl (C=O) groups is 1. The maximum Gasteiger partial charge on any atom is 0.222 e. The molecule has 1 saturated heterocycles. The van der Waals surface area contributed by atoms with Gasteiger partial charge in [0.2, 0.25) is 5.91 Å². The molecule has 0 radical (unpaired) electrons. The van der Waals surface area contributed by atoms with Crippen LogP contribution in [0.4, 0.5) is 5.69 Å². The van der Waals surface area contributed by atoms with Crippen LogP contribution >= 0.6 is 24.0 Å². The lowest BCUT2D eigenvalue weighted by Gasteiger charge is -2.14. The van der Waals surface area contributed by atoms with Gasteiger partial charge in [0.1, 0.15) is 0 Å². The molecule has 0 spiro atoms. The van der Waals surface area contributed by atoms with Crippen molar-refractivity contribution in [1.82, 2.24) is 4.90 Å². The fourth-order valence-corrected chi connectivity index (χ4v) is 2.11. The van der Waals surface area contributed by atoms with Crippen LogP contribution in [0.15, 0.2) is 35.3 Å². The molecule has 1 aliphatic heterocycles. The molecule has 110 valence electrons. The van der Waals surface area contributed by atoms with Crippen molar-refractivity contribution >= 4 is 41.5 Å². The maximum atomic E-state index is 11.4. The Hall–Kier alpha value is -1.31. The highest BCUT2D eigenvalue weighted by molar-refractivity contribution is 14.0. The molecular formula is C14H21IN4O. The first kappa shape index (κ1) is 16.7. The number of amides is 1. The number of benzene rings is 1. The zero-order valence-electron chi connectivity index (χ0n) is 11.4. The van der Waals surface area contributed by atoms with Gasteiger partial charge < -0.3 is 16.0 Å². The average molecular weight is 388 g/mol. The molecule has 0 atom stereocenters. The quantitative estimate of drug-likeness (QED) is 0.351.